The molecule has 1 atom stereocenters. The first-order valence-electron chi connectivity index (χ1n) is 12.1. The second-order valence-electron chi connectivity index (χ2n) is 9.38. The second-order valence-corrected chi connectivity index (χ2v) is 11.3. The van der Waals surface area contributed by atoms with Crippen LogP contribution in [-0.4, -0.2) is 67.8 Å². The maximum atomic E-state index is 13.4. The standard InChI is InChI=1S/C26H31N5O3S/c1-19-17-25(23-6-2-3-7-24(23)28-19)29-13-15-30(16-14-29)26(32)20-5-4-12-31(18-20)35(33,34)22-10-8-21(27)9-11-22/h2-3,6-11,17,20H,4-5,12-16,18,27H2,1H3. The monoisotopic (exact) mass is 493 g/mol. The van der Waals surface area contributed by atoms with Crippen LogP contribution in [0.1, 0.15) is 18.5 Å². The van der Waals surface area contributed by atoms with E-state index in [9.17, 15) is 13.2 Å². The number of piperazine rings is 1. The number of fused-ring (bicyclic) bond motifs is 1. The highest BCUT2D eigenvalue weighted by molar-refractivity contribution is 7.89. The average molecular weight is 494 g/mol. The molecule has 2 fully saturated rings. The summed E-state index contributed by atoms with van der Waals surface area (Å²) in [6.45, 7) is 5.37. The summed E-state index contributed by atoms with van der Waals surface area (Å²) in [5.74, 6) is -0.263. The number of carbonyl (C=O) groups excluding carboxylic acids is 1. The fourth-order valence-electron chi connectivity index (χ4n) is 5.12. The maximum Gasteiger partial charge on any atom is 0.243 e. The van der Waals surface area contributed by atoms with Gasteiger partial charge in [0, 0.05) is 61.7 Å². The molecule has 1 aromatic heterocycles. The minimum absolute atomic E-state index is 0.0534. The number of carbonyl (C=O) groups is 1. The van der Waals surface area contributed by atoms with Gasteiger partial charge in [-0.3, -0.25) is 9.78 Å². The van der Waals surface area contributed by atoms with Crippen LogP contribution >= 0.6 is 0 Å². The first-order chi connectivity index (χ1) is 16.8. The SMILES string of the molecule is Cc1cc(N2CCN(C(=O)C3CCCN(S(=O)(=O)c4ccc(N)cc4)C3)CC2)c2ccccc2n1. The minimum atomic E-state index is -3.65. The second kappa shape index (κ2) is 9.47. The van der Waals surface area contributed by atoms with Crippen LogP contribution in [0.5, 0.6) is 0 Å². The third-order valence-electron chi connectivity index (χ3n) is 7.01. The Morgan fingerprint density at radius 2 is 1.71 bits per heavy atom. The lowest BCUT2D eigenvalue weighted by molar-refractivity contribution is -0.137. The molecule has 0 aliphatic carbocycles. The number of aromatic nitrogens is 1. The molecule has 3 heterocycles. The molecule has 2 saturated heterocycles. The smallest absolute Gasteiger partial charge is 0.243 e. The quantitative estimate of drug-likeness (QED) is 0.561. The fraction of sp³-hybridized carbons (Fsp3) is 0.385. The number of sulfonamides is 1. The van der Waals surface area contributed by atoms with Crippen molar-refractivity contribution in [2.24, 2.45) is 5.92 Å². The molecule has 0 radical (unpaired) electrons. The Bertz CT molecular complexity index is 1330. The molecule has 1 amide bonds. The molecule has 1 unspecified atom stereocenters. The van der Waals surface area contributed by atoms with Crippen molar-refractivity contribution < 1.29 is 13.2 Å². The van der Waals surface area contributed by atoms with Crippen LogP contribution in [0.2, 0.25) is 0 Å². The van der Waals surface area contributed by atoms with Crippen LogP contribution in [0.4, 0.5) is 11.4 Å². The molecule has 0 bridgehead atoms. The van der Waals surface area contributed by atoms with E-state index in [-0.39, 0.29) is 23.3 Å². The molecule has 0 saturated carbocycles. The molecule has 2 aliphatic rings. The number of amides is 1. The molecule has 2 aromatic carbocycles. The van der Waals surface area contributed by atoms with Crippen molar-refractivity contribution in [2.75, 3.05) is 49.9 Å². The lowest BCUT2D eigenvalue weighted by Gasteiger charge is -2.39. The van der Waals surface area contributed by atoms with Crippen LogP contribution < -0.4 is 10.6 Å². The zero-order chi connectivity index (χ0) is 24.6. The molecular formula is C26H31N5O3S. The third kappa shape index (κ3) is 4.70. The summed E-state index contributed by atoms with van der Waals surface area (Å²) in [4.78, 5) is 22.4. The predicted octanol–water partition coefficient (Wildman–Crippen LogP) is 2.87. The van der Waals surface area contributed by atoms with E-state index >= 15 is 0 Å². The first kappa shape index (κ1) is 23.6. The number of para-hydroxylation sites is 1. The van der Waals surface area contributed by atoms with Crippen molar-refractivity contribution in [3.05, 3.63) is 60.3 Å². The Hall–Kier alpha value is -3.17. The van der Waals surface area contributed by atoms with E-state index in [1.54, 1.807) is 12.1 Å². The summed E-state index contributed by atoms with van der Waals surface area (Å²) in [5.41, 5.74) is 9.33. The van der Waals surface area contributed by atoms with Gasteiger partial charge in [0.15, 0.2) is 0 Å². The summed E-state index contributed by atoms with van der Waals surface area (Å²) in [6.07, 6.45) is 1.38. The van der Waals surface area contributed by atoms with Gasteiger partial charge >= 0.3 is 0 Å². The lowest BCUT2D eigenvalue weighted by atomic mass is 9.97. The van der Waals surface area contributed by atoms with Gasteiger partial charge in [0.2, 0.25) is 15.9 Å². The van der Waals surface area contributed by atoms with Gasteiger partial charge in [-0.25, -0.2) is 8.42 Å². The number of piperidine rings is 1. The van der Waals surface area contributed by atoms with Crippen LogP contribution in [0.15, 0.2) is 59.5 Å². The maximum absolute atomic E-state index is 13.4. The molecule has 0 spiro atoms. The van der Waals surface area contributed by atoms with Gasteiger partial charge in [-0.1, -0.05) is 18.2 Å². The fourth-order valence-corrected chi connectivity index (χ4v) is 6.65. The van der Waals surface area contributed by atoms with Crippen molar-refractivity contribution in [1.82, 2.24) is 14.2 Å². The van der Waals surface area contributed by atoms with E-state index in [0.29, 0.717) is 38.2 Å². The first-order valence-corrected chi connectivity index (χ1v) is 13.5. The number of pyridine rings is 1. The van der Waals surface area contributed by atoms with Crippen molar-refractivity contribution in [1.29, 1.82) is 0 Å². The zero-order valence-electron chi connectivity index (χ0n) is 19.9. The number of rotatable bonds is 4. The Morgan fingerprint density at radius 1 is 1.00 bits per heavy atom. The van der Waals surface area contributed by atoms with Crippen molar-refractivity contribution in [2.45, 2.75) is 24.7 Å². The van der Waals surface area contributed by atoms with E-state index in [1.807, 2.05) is 30.0 Å². The molecule has 9 heteroatoms. The highest BCUT2D eigenvalue weighted by Gasteiger charge is 2.36. The minimum Gasteiger partial charge on any atom is -0.399 e. The lowest BCUT2D eigenvalue weighted by Crippen LogP contribution is -2.53. The molecule has 184 valence electrons. The van der Waals surface area contributed by atoms with Gasteiger partial charge in [-0.05, 0) is 56.2 Å². The Balaban J connectivity index is 1.25. The molecule has 35 heavy (non-hydrogen) atoms. The number of hydrogen-bond donors (Lipinski definition) is 1. The summed E-state index contributed by atoms with van der Waals surface area (Å²) in [7, 11) is -3.65. The van der Waals surface area contributed by atoms with Gasteiger partial charge in [0.05, 0.1) is 16.3 Å². The topological polar surface area (TPSA) is 99.8 Å². The summed E-state index contributed by atoms with van der Waals surface area (Å²) >= 11 is 0. The molecule has 8 nitrogen and oxygen atoms in total. The van der Waals surface area contributed by atoms with Crippen LogP contribution in [0.25, 0.3) is 10.9 Å². The van der Waals surface area contributed by atoms with Gasteiger partial charge in [0.25, 0.3) is 0 Å². The number of nitrogen functional groups attached to an aromatic ring is 1. The van der Waals surface area contributed by atoms with E-state index in [1.165, 1.54) is 16.4 Å². The highest BCUT2D eigenvalue weighted by atomic mass is 32.2. The Labute approximate surface area is 206 Å². The number of benzene rings is 2. The van der Waals surface area contributed by atoms with Gasteiger partial charge in [-0.2, -0.15) is 4.31 Å². The summed E-state index contributed by atoms with van der Waals surface area (Å²) in [6, 6.07) is 16.5. The number of aryl methyl sites for hydroxylation is 1. The zero-order valence-corrected chi connectivity index (χ0v) is 20.7. The number of nitrogens with two attached hydrogens (primary N) is 1. The summed E-state index contributed by atoms with van der Waals surface area (Å²) < 4.78 is 27.7. The normalized spacial score (nSPS) is 19.7. The van der Waals surface area contributed by atoms with Crippen LogP contribution in [-0.2, 0) is 14.8 Å². The van der Waals surface area contributed by atoms with E-state index in [2.05, 4.69) is 22.0 Å². The van der Waals surface area contributed by atoms with Crippen molar-refractivity contribution in [3.8, 4) is 0 Å². The van der Waals surface area contributed by atoms with Crippen molar-refractivity contribution >= 4 is 38.2 Å². The number of nitrogens with zero attached hydrogens (tertiary/aromatic N) is 4. The van der Waals surface area contributed by atoms with Crippen LogP contribution in [0, 0.1) is 12.8 Å². The Morgan fingerprint density at radius 3 is 2.46 bits per heavy atom. The molecule has 2 aliphatic heterocycles. The van der Waals surface area contributed by atoms with Gasteiger partial charge < -0.3 is 15.5 Å². The largest absolute Gasteiger partial charge is 0.399 e. The van der Waals surface area contributed by atoms with E-state index in [4.69, 9.17) is 5.73 Å². The molecular weight excluding hydrogens is 462 g/mol. The molecule has 2 N–H and O–H groups in total. The highest BCUT2D eigenvalue weighted by Crippen LogP contribution is 2.29. The Kier molecular flexibility index (Phi) is 6.37. The number of hydrogen-bond acceptors (Lipinski definition) is 6. The average Bonchev–Trinajstić information content (AvgIpc) is 2.88. The predicted molar refractivity (Wildman–Crippen MR) is 138 cm³/mol. The van der Waals surface area contributed by atoms with Gasteiger partial charge in [-0.15, -0.1) is 0 Å². The summed E-state index contributed by atoms with van der Waals surface area (Å²) in [5, 5.41) is 1.12. The van der Waals surface area contributed by atoms with E-state index < -0.39 is 10.0 Å². The van der Waals surface area contributed by atoms with Crippen LogP contribution in [0.3, 0.4) is 0 Å². The van der Waals surface area contributed by atoms with E-state index in [0.717, 1.165) is 35.4 Å². The molecule has 5 rings (SSSR count). The van der Waals surface area contributed by atoms with Crippen molar-refractivity contribution in [3.63, 3.8) is 0 Å². The third-order valence-corrected chi connectivity index (χ3v) is 8.89. The van der Waals surface area contributed by atoms with Gasteiger partial charge in [0.1, 0.15) is 0 Å². The number of anilines is 2. The molecule has 3 aromatic rings.